The first-order valence-corrected chi connectivity index (χ1v) is 8.05. The van der Waals surface area contributed by atoms with E-state index in [1.54, 1.807) is 6.92 Å². The highest BCUT2D eigenvalue weighted by molar-refractivity contribution is 7.92. The van der Waals surface area contributed by atoms with Crippen LogP contribution in [0, 0.1) is 28.6 Å². The molecule has 0 heterocycles. The van der Waals surface area contributed by atoms with Gasteiger partial charge in [-0.2, -0.15) is 5.26 Å². The summed E-state index contributed by atoms with van der Waals surface area (Å²) >= 11 is 0. The molecule has 3 nitrogen and oxygen atoms in total. The Hall–Kier alpha value is -0.560. The van der Waals surface area contributed by atoms with E-state index in [0.29, 0.717) is 12.3 Å². The number of hydrogen-bond acceptors (Lipinski definition) is 3. The van der Waals surface area contributed by atoms with Crippen LogP contribution in [0.25, 0.3) is 0 Å². The van der Waals surface area contributed by atoms with Crippen molar-refractivity contribution in [3.05, 3.63) is 0 Å². The van der Waals surface area contributed by atoms with Crippen LogP contribution in [-0.4, -0.2) is 19.4 Å². The van der Waals surface area contributed by atoms with Crippen molar-refractivity contribution in [3.8, 4) is 6.07 Å². The second kappa shape index (κ2) is 4.97. The molecule has 1 saturated carbocycles. The number of sulfone groups is 1. The van der Waals surface area contributed by atoms with Crippen LogP contribution >= 0.6 is 0 Å². The highest BCUT2D eigenvalue weighted by Crippen LogP contribution is 2.42. The molecular weight excluding hydrogens is 234 g/mol. The first kappa shape index (κ1) is 14.5. The molecule has 0 aliphatic heterocycles. The van der Waals surface area contributed by atoms with Gasteiger partial charge in [-0.05, 0) is 30.6 Å². The summed E-state index contributed by atoms with van der Waals surface area (Å²) in [6, 6.07) is 2.19. The summed E-state index contributed by atoms with van der Waals surface area (Å²) < 4.78 is 24.1. The molecule has 1 rings (SSSR count). The van der Waals surface area contributed by atoms with Crippen molar-refractivity contribution in [1.82, 2.24) is 0 Å². The van der Waals surface area contributed by atoms with Gasteiger partial charge in [0.1, 0.15) is 0 Å². The number of nitriles is 1. The Morgan fingerprint density at radius 1 is 1.29 bits per heavy atom. The lowest BCUT2D eigenvalue weighted by molar-refractivity contribution is 0.166. The molecule has 3 atom stereocenters. The van der Waals surface area contributed by atoms with Crippen LogP contribution in [0.4, 0.5) is 0 Å². The maximum absolute atomic E-state index is 12.0. The molecule has 3 unspecified atom stereocenters. The largest absolute Gasteiger partial charge is 0.229 e. The van der Waals surface area contributed by atoms with Crippen molar-refractivity contribution >= 4 is 9.84 Å². The topological polar surface area (TPSA) is 57.9 Å². The summed E-state index contributed by atoms with van der Waals surface area (Å²) in [6.45, 7) is 8.13. The molecule has 98 valence electrons. The fourth-order valence-electron chi connectivity index (χ4n) is 2.67. The zero-order valence-corrected chi connectivity index (χ0v) is 12.0. The van der Waals surface area contributed by atoms with Gasteiger partial charge >= 0.3 is 0 Å². The third kappa shape index (κ3) is 3.22. The standard InChI is InChI=1S/C13H23NO2S/c1-5-17(15,16)12-8-11(13(2,3)4)7-6-10(12)9-14/h10-12H,5-8H2,1-4H3. The lowest BCUT2D eigenvalue weighted by Gasteiger charge is -2.39. The first-order valence-electron chi connectivity index (χ1n) is 6.33. The van der Waals surface area contributed by atoms with E-state index in [9.17, 15) is 8.42 Å². The van der Waals surface area contributed by atoms with Crippen molar-refractivity contribution in [1.29, 1.82) is 5.26 Å². The molecular formula is C13H23NO2S. The van der Waals surface area contributed by atoms with Gasteiger partial charge in [0.2, 0.25) is 0 Å². The number of nitrogens with zero attached hydrogens (tertiary/aromatic N) is 1. The highest BCUT2D eigenvalue weighted by atomic mass is 32.2. The van der Waals surface area contributed by atoms with Gasteiger partial charge in [0, 0.05) is 5.75 Å². The smallest absolute Gasteiger partial charge is 0.154 e. The predicted octanol–water partition coefficient (Wildman–Crippen LogP) is 2.78. The van der Waals surface area contributed by atoms with Gasteiger partial charge in [-0.15, -0.1) is 0 Å². The Balaban J connectivity index is 2.96. The molecule has 1 aliphatic carbocycles. The molecule has 4 heteroatoms. The van der Waals surface area contributed by atoms with Crippen LogP contribution in [0.5, 0.6) is 0 Å². The molecule has 17 heavy (non-hydrogen) atoms. The van der Waals surface area contributed by atoms with Crippen LogP contribution in [0.3, 0.4) is 0 Å². The zero-order chi connectivity index (χ0) is 13.3. The maximum Gasteiger partial charge on any atom is 0.154 e. The van der Waals surface area contributed by atoms with E-state index < -0.39 is 15.1 Å². The first-order chi connectivity index (χ1) is 7.72. The fraction of sp³-hybridized carbons (Fsp3) is 0.923. The fourth-order valence-corrected chi connectivity index (χ4v) is 4.33. The summed E-state index contributed by atoms with van der Waals surface area (Å²) in [4.78, 5) is 0. The van der Waals surface area contributed by atoms with Crippen molar-refractivity contribution < 1.29 is 8.42 Å². The van der Waals surface area contributed by atoms with Gasteiger partial charge < -0.3 is 0 Å². The summed E-state index contributed by atoms with van der Waals surface area (Å²) in [5, 5.41) is 8.65. The molecule has 1 aliphatic rings. The van der Waals surface area contributed by atoms with E-state index in [-0.39, 0.29) is 17.1 Å². The summed E-state index contributed by atoms with van der Waals surface area (Å²) in [6.07, 6.45) is 2.34. The van der Waals surface area contributed by atoms with Crippen LogP contribution < -0.4 is 0 Å². The minimum absolute atomic E-state index is 0.127. The van der Waals surface area contributed by atoms with Gasteiger partial charge in [0.15, 0.2) is 9.84 Å². The molecule has 0 amide bonds. The quantitative estimate of drug-likeness (QED) is 0.764. The summed E-state index contributed by atoms with van der Waals surface area (Å²) in [5.41, 5.74) is 0.127. The van der Waals surface area contributed by atoms with E-state index in [0.717, 1.165) is 12.8 Å². The van der Waals surface area contributed by atoms with E-state index in [2.05, 4.69) is 26.8 Å². The number of hydrogen-bond donors (Lipinski definition) is 0. The molecule has 0 bridgehead atoms. The van der Waals surface area contributed by atoms with Gasteiger partial charge in [0.25, 0.3) is 0 Å². The second-order valence-electron chi connectivity index (χ2n) is 6.10. The van der Waals surface area contributed by atoms with Gasteiger partial charge in [-0.25, -0.2) is 8.42 Å². The molecule has 0 N–H and O–H groups in total. The Morgan fingerprint density at radius 3 is 2.29 bits per heavy atom. The van der Waals surface area contributed by atoms with Gasteiger partial charge in [-0.1, -0.05) is 27.7 Å². The van der Waals surface area contributed by atoms with Crippen molar-refractivity contribution in [2.24, 2.45) is 17.3 Å². The molecule has 0 aromatic rings. The monoisotopic (exact) mass is 257 g/mol. The summed E-state index contributed by atoms with van der Waals surface area (Å²) in [5.74, 6) is 0.240. The third-order valence-corrected chi connectivity index (χ3v) is 6.29. The maximum atomic E-state index is 12.0. The molecule has 0 aromatic heterocycles. The van der Waals surface area contributed by atoms with Crippen molar-refractivity contribution in [2.75, 3.05) is 5.75 Å². The molecule has 0 aromatic carbocycles. The van der Waals surface area contributed by atoms with Crippen LogP contribution in [0.15, 0.2) is 0 Å². The predicted molar refractivity (Wildman–Crippen MR) is 69.1 cm³/mol. The van der Waals surface area contributed by atoms with Crippen molar-refractivity contribution in [2.45, 2.75) is 52.2 Å². The lowest BCUT2D eigenvalue weighted by atomic mass is 9.70. The lowest BCUT2D eigenvalue weighted by Crippen LogP contribution is -2.39. The summed E-state index contributed by atoms with van der Waals surface area (Å²) in [7, 11) is -3.10. The normalized spacial score (nSPS) is 30.9. The molecule has 0 saturated heterocycles. The van der Waals surface area contributed by atoms with Gasteiger partial charge in [0.05, 0.1) is 17.2 Å². The van der Waals surface area contributed by atoms with Crippen LogP contribution in [0.1, 0.15) is 47.0 Å². The van der Waals surface area contributed by atoms with E-state index >= 15 is 0 Å². The van der Waals surface area contributed by atoms with E-state index in [1.807, 2.05) is 0 Å². The Kier molecular flexibility index (Phi) is 4.24. The molecule has 0 radical (unpaired) electrons. The minimum Gasteiger partial charge on any atom is -0.229 e. The Bertz CT molecular complexity index is 400. The molecule has 1 fully saturated rings. The average molecular weight is 257 g/mol. The third-order valence-electron chi connectivity index (χ3n) is 4.05. The van der Waals surface area contributed by atoms with Crippen LogP contribution in [0.2, 0.25) is 0 Å². The highest BCUT2D eigenvalue weighted by Gasteiger charge is 2.41. The SMILES string of the molecule is CCS(=O)(=O)C1CC(C(C)(C)C)CCC1C#N. The molecule has 0 spiro atoms. The minimum atomic E-state index is -3.10. The Labute approximate surface area is 105 Å². The zero-order valence-electron chi connectivity index (χ0n) is 11.2. The second-order valence-corrected chi connectivity index (χ2v) is 8.61. The van der Waals surface area contributed by atoms with Gasteiger partial charge in [-0.3, -0.25) is 0 Å². The van der Waals surface area contributed by atoms with Crippen LogP contribution in [-0.2, 0) is 9.84 Å². The average Bonchev–Trinajstić information content (AvgIpc) is 2.27. The van der Waals surface area contributed by atoms with Crippen molar-refractivity contribution in [3.63, 3.8) is 0 Å². The van der Waals surface area contributed by atoms with E-state index in [1.165, 1.54) is 0 Å². The Morgan fingerprint density at radius 2 is 1.88 bits per heavy atom. The van der Waals surface area contributed by atoms with E-state index in [4.69, 9.17) is 5.26 Å². The number of rotatable bonds is 2.